The zero-order chi connectivity index (χ0) is 9.68. The van der Waals surface area contributed by atoms with Crippen molar-refractivity contribution in [2.45, 2.75) is 52.9 Å². The van der Waals surface area contributed by atoms with Crippen molar-refractivity contribution >= 4 is 11.3 Å². The van der Waals surface area contributed by atoms with Crippen molar-refractivity contribution in [1.82, 2.24) is 4.98 Å². The Kier molecular flexibility index (Phi) is 4.43. The number of aromatic nitrogens is 1. The summed E-state index contributed by atoms with van der Waals surface area (Å²) in [5.74, 6) is 0. The fraction of sp³-hybridized carbons (Fsp3) is 0.727. The highest BCUT2D eigenvalue weighted by atomic mass is 32.1. The molecule has 1 aromatic heterocycles. The number of rotatable bonds is 5. The van der Waals surface area contributed by atoms with Crippen molar-refractivity contribution in [3.63, 3.8) is 0 Å². The minimum absolute atomic E-state index is 1.18. The van der Waals surface area contributed by atoms with E-state index >= 15 is 0 Å². The maximum Gasteiger partial charge on any atom is 0.0900 e. The zero-order valence-corrected chi connectivity index (χ0v) is 9.71. The van der Waals surface area contributed by atoms with E-state index < -0.39 is 0 Å². The van der Waals surface area contributed by atoms with E-state index in [1.165, 1.54) is 47.7 Å². The fourth-order valence-electron chi connectivity index (χ4n) is 1.47. The van der Waals surface area contributed by atoms with Crippen LogP contribution in [0.15, 0.2) is 0 Å². The van der Waals surface area contributed by atoms with Crippen molar-refractivity contribution in [1.29, 1.82) is 0 Å². The van der Waals surface area contributed by atoms with E-state index in [9.17, 15) is 0 Å². The molecule has 2 heteroatoms. The molecule has 0 radical (unpaired) electrons. The second-order valence-corrected chi connectivity index (χ2v) is 4.74. The molecule has 0 saturated carbocycles. The van der Waals surface area contributed by atoms with E-state index in [0.29, 0.717) is 0 Å². The number of nitrogens with zero attached hydrogens (tertiary/aromatic N) is 1. The summed E-state index contributed by atoms with van der Waals surface area (Å²) in [6, 6.07) is 0. The third kappa shape index (κ3) is 3.11. The second-order valence-electron chi connectivity index (χ2n) is 3.46. The first-order valence-corrected chi connectivity index (χ1v) is 6.04. The Bertz CT molecular complexity index is 253. The SMILES string of the molecule is CCCCc1nc(C)sc1CCC. The van der Waals surface area contributed by atoms with Crippen LogP contribution in [0.3, 0.4) is 0 Å². The van der Waals surface area contributed by atoms with Gasteiger partial charge in [-0.15, -0.1) is 11.3 Å². The van der Waals surface area contributed by atoms with Crippen molar-refractivity contribution in [2.75, 3.05) is 0 Å². The lowest BCUT2D eigenvalue weighted by atomic mass is 10.1. The zero-order valence-electron chi connectivity index (χ0n) is 8.89. The van der Waals surface area contributed by atoms with Crippen molar-refractivity contribution in [3.8, 4) is 0 Å². The first-order valence-electron chi connectivity index (χ1n) is 5.23. The molecule has 0 aliphatic heterocycles. The highest BCUT2D eigenvalue weighted by molar-refractivity contribution is 7.11. The number of thiazole rings is 1. The lowest BCUT2D eigenvalue weighted by molar-refractivity contribution is 0.767. The van der Waals surface area contributed by atoms with Gasteiger partial charge in [-0.3, -0.25) is 0 Å². The van der Waals surface area contributed by atoms with E-state index in [-0.39, 0.29) is 0 Å². The standard InChI is InChI=1S/C11H19NS/c1-4-6-8-10-11(7-5-2)13-9(3)12-10/h4-8H2,1-3H3. The van der Waals surface area contributed by atoms with Gasteiger partial charge in [0.1, 0.15) is 0 Å². The van der Waals surface area contributed by atoms with Crippen LogP contribution in [0.5, 0.6) is 0 Å². The molecular weight excluding hydrogens is 178 g/mol. The monoisotopic (exact) mass is 197 g/mol. The van der Waals surface area contributed by atoms with Crippen LogP contribution in [0.4, 0.5) is 0 Å². The average Bonchev–Trinajstić information content (AvgIpc) is 2.44. The average molecular weight is 197 g/mol. The number of hydrogen-bond donors (Lipinski definition) is 0. The van der Waals surface area contributed by atoms with Crippen LogP contribution < -0.4 is 0 Å². The highest BCUT2D eigenvalue weighted by Crippen LogP contribution is 2.21. The predicted molar refractivity (Wildman–Crippen MR) is 59.5 cm³/mol. The molecule has 0 aliphatic carbocycles. The van der Waals surface area contributed by atoms with Gasteiger partial charge in [0.2, 0.25) is 0 Å². The lowest BCUT2D eigenvalue weighted by Crippen LogP contribution is -1.90. The highest BCUT2D eigenvalue weighted by Gasteiger charge is 2.06. The summed E-state index contributed by atoms with van der Waals surface area (Å²) in [5.41, 5.74) is 1.37. The molecule has 74 valence electrons. The number of unbranched alkanes of at least 4 members (excludes halogenated alkanes) is 1. The summed E-state index contributed by atoms with van der Waals surface area (Å²) in [6.45, 7) is 6.58. The Morgan fingerprint density at radius 1 is 1.15 bits per heavy atom. The lowest BCUT2D eigenvalue weighted by Gasteiger charge is -1.98. The largest absolute Gasteiger partial charge is 0.246 e. The number of aryl methyl sites for hydroxylation is 3. The molecule has 0 spiro atoms. The van der Waals surface area contributed by atoms with Gasteiger partial charge in [-0.25, -0.2) is 4.98 Å². The summed E-state index contributed by atoms with van der Waals surface area (Å²) in [7, 11) is 0. The van der Waals surface area contributed by atoms with Gasteiger partial charge in [0.05, 0.1) is 10.7 Å². The van der Waals surface area contributed by atoms with Gasteiger partial charge in [0.15, 0.2) is 0 Å². The number of hydrogen-bond acceptors (Lipinski definition) is 2. The fourth-order valence-corrected chi connectivity index (χ4v) is 2.56. The molecular formula is C11H19NS. The van der Waals surface area contributed by atoms with E-state index in [1.807, 2.05) is 11.3 Å². The quantitative estimate of drug-likeness (QED) is 0.700. The Morgan fingerprint density at radius 2 is 1.92 bits per heavy atom. The van der Waals surface area contributed by atoms with Gasteiger partial charge < -0.3 is 0 Å². The van der Waals surface area contributed by atoms with Gasteiger partial charge in [0.25, 0.3) is 0 Å². The van der Waals surface area contributed by atoms with Crippen molar-refractivity contribution in [2.24, 2.45) is 0 Å². The van der Waals surface area contributed by atoms with E-state index in [4.69, 9.17) is 0 Å². The smallest absolute Gasteiger partial charge is 0.0900 e. The third-order valence-corrected chi connectivity index (χ3v) is 3.20. The summed E-state index contributed by atoms with van der Waals surface area (Å²) in [6.07, 6.45) is 6.17. The summed E-state index contributed by atoms with van der Waals surface area (Å²) in [5, 5.41) is 1.23. The molecule has 1 rings (SSSR count). The van der Waals surface area contributed by atoms with Crippen molar-refractivity contribution < 1.29 is 0 Å². The van der Waals surface area contributed by atoms with Gasteiger partial charge in [-0.2, -0.15) is 0 Å². The van der Waals surface area contributed by atoms with Gasteiger partial charge in [-0.1, -0.05) is 26.7 Å². The maximum atomic E-state index is 4.59. The topological polar surface area (TPSA) is 12.9 Å². The van der Waals surface area contributed by atoms with Crippen LogP contribution in [0, 0.1) is 6.92 Å². The van der Waals surface area contributed by atoms with Crippen LogP contribution in [0.2, 0.25) is 0 Å². The summed E-state index contributed by atoms with van der Waals surface area (Å²) >= 11 is 1.88. The van der Waals surface area contributed by atoms with Crippen LogP contribution in [0.1, 0.15) is 48.7 Å². The molecule has 0 saturated heterocycles. The van der Waals surface area contributed by atoms with E-state index in [1.54, 1.807) is 0 Å². The van der Waals surface area contributed by atoms with Crippen LogP contribution in [-0.4, -0.2) is 4.98 Å². The van der Waals surface area contributed by atoms with Crippen LogP contribution in [0.25, 0.3) is 0 Å². The molecule has 1 heterocycles. The van der Waals surface area contributed by atoms with Crippen LogP contribution >= 0.6 is 11.3 Å². The molecule has 0 unspecified atom stereocenters. The second kappa shape index (κ2) is 5.38. The molecule has 13 heavy (non-hydrogen) atoms. The van der Waals surface area contributed by atoms with E-state index in [0.717, 1.165) is 0 Å². The molecule has 0 atom stereocenters. The van der Waals surface area contributed by atoms with Gasteiger partial charge in [-0.05, 0) is 26.2 Å². The Balaban J connectivity index is 2.66. The minimum Gasteiger partial charge on any atom is -0.246 e. The molecule has 0 fully saturated rings. The Morgan fingerprint density at radius 3 is 2.54 bits per heavy atom. The first-order chi connectivity index (χ1) is 6.27. The van der Waals surface area contributed by atoms with Gasteiger partial charge >= 0.3 is 0 Å². The molecule has 1 aromatic rings. The molecule has 0 aliphatic rings. The first kappa shape index (κ1) is 10.7. The van der Waals surface area contributed by atoms with Crippen LogP contribution in [-0.2, 0) is 12.8 Å². The molecule has 0 aromatic carbocycles. The maximum absolute atomic E-state index is 4.59. The van der Waals surface area contributed by atoms with E-state index in [2.05, 4.69) is 25.8 Å². The Labute approximate surface area is 85.2 Å². The molecule has 1 nitrogen and oxygen atoms in total. The van der Waals surface area contributed by atoms with Gasteiger partial charge in [0, 0.05) is 4.88 Å². The Hall–Kier alpha value is -0.370. The van der Waals surface area contributed by atoms with Crippen molar-refractivity contribution in [3.05, 3.63) is 15.6 Å². The predicted octanol–water partition coefficient (Wildman–Crippen LogP) is 3.75. The minimum atomic E-state index is 1.18. The molecule has 0 bridgehead atoms. The molecule has 0 N–H and O–H groups in total. The molecule has 0 amide bonds. The normalized spacial score (nSPS) is 10.7. The summed E-state index contributed by atoms with van der Waals surface area (Å²) in [4.78, 5) is 6.11. The third-order valence-electron chi connectivity index (χ3n) is 2.13. The summed E-state index contributed by atoms with van der Waals surface area (Å²) < 4.78 is 0.